The summed E-state index contributed by atoms with van der Waals surface area (Å²) in [6, 6.07) is 5.89. The van der Waals surface area contributed by atoms with E-state index in [1.165, 1.54) is 0 Å². The maximum atomic E-state index is 5.33. The molecular formula is C11H16N4S. The third kappa shape index (κ3) is 3.15. The molecule has 1 aromatic heterocycles. The van der Waals surface area contributed by atoms with E-state index in [1.54, 1.807) is 6.20 Å². The summed E-state index contributed by atoms with van der Waals surface area (Å²) < 4.78 is 0. The highest BCUT2D eigenvalue weighted by Gasteiger charge is 2.12. The standard InChI is InChI=1S/C11H16N4S/c16-11(15-7-5-12-6-8-15)14-9-10-3-1-2-4-13-10/h1-4,12H,5-9H2,(H,14,16). The molecule has 1 aromatic rings. The number of nitrogens with one attached hydrogen (secondary N) is 2. The van der Waals surface area contributed by atoms with Crippen molar-refractivity contribution < 1.29 is 0 Å². The van der Waals surface area contributed by atoms with Crippen molar-refractivity contribution in [3.8, 4) is 0 Å². The molecule has 0 spiro atoms. The van der Waals surface area contributed by atoms with Gasteiger partial charge in [-0.2, -0.15) is 0 Å². The van der Waals surface area contributed by atoms with Crippen molar-refractivity contribution in [2.45, 2.75) is 6.54 Å². The van der Waals surface area contributed by atoms with E-state index in [0.717, 1.165) is 37.0 Å². The second-order valence-corrected chi connectivity index (χ2v) is 4.10. The van der Waals surface area contributed by atoms with Crippen molar-refractivity contribution in [3.63, 3.8) is 0 Å². The third-order valence-electron chi connectivity index (χ3n) is 2.55. The summed E-state index contributed by atoms with van der Waals surface area (Å²) >= 11 is 5.33. The smallest absolute Gasteiger partial charge is 0.169 e. The van der Waals surface area contributed by atoms with Crippen LogP contribution in [0.2, 0.25) is 0 Å². The van der Waals surface area contributed by atoms with Crippen molar-refractivity contribution in [1.29, 1.82) is 0 Å². The maximum Gasteiger partial charge on any atom is 0.169 e. The van der Waals surface area contributed by atoms with Crippen LogP contribution in [0.4, 0.5) is 0 Å². The first-order valence-electron chi connectivity index (χ1n) is 5.49. The summed E-state index contributed by atoms with van der Waals surface area (Å²) in [6.07, 6.45) is 1.80. The summed E-state index contributed by atoms with van der Waals surface area (Å²) in [5, 5.41) is 7.36. The Hall–Kier alpha value is -1.20. The molecule has 0 amide bonds. The number of thiocarbonyl (C=S) groups is 1. The molecule has 0 saturated carbocycles. The molecular weight excluding hydrogens is 220 g/mol. The first-order chi connectivity index (χ1) is 7.86. The lowest BCUT2D eigenvalue weighted by molar-refractivity contribution is 0.352. The topological polar surface area (TPSA) is 40.2 Å². The third-order valence-corrected chi connectivity index (χ3v) is 2.95. The first-order valence-corrected chi connectivity index (χ1v) is 5.90. The van der Waals surface area contributed by atoms with Gasteiger partial charge in [-0.3, -0.25) is 4.98 Å². The molecule has 1 aliphatic heterocycles. The normalized spacial score (nSPS) is 15.9. The van der Waals surface area contributed by atoms with Gasteiger partial charge in [0.2, 0.25) is 0 Å². The number of hydrogen-bond donors (Lipinski definition) is 2. The lowest BCUT2D eigenvalue weighted by Crippen LogP contribution is -2.49. The molecule has 2 rings (SSSR count). The second kappa shape index (κ2) is 5.77. The average Bonchev–Trinajstić information content (AvgIpc) is 2.38. The second-order valence-electron chi connectivity index (χ2n) is 3.72. The van der Waals surface area contributed by atoms with E-state index in [2.05, 4.69) is 20.5 Å². The lowest BCUT2D eigenvalue weighted by atomic mass is 10.3. The Morgan fingerprint density at radius 1 is 1.44 bits per heavy atom. The number of pyridine rings is 1. The van der Waals surface area contributed by atoms with Crippen LogP contribution in [0.3, 0.4) is 0 Å². The number of aromatic nitrogens is 1. The van der Waals surface area contributed by atoms with Gasteiger partial charge in [0.15, 0.2) is 5.11 Å². The maximum absolute atomic E-state index is 5.33. The van der Waals surface area contributed by atoms with Crippen LogP contribution in [0.5, 0.6) is 0 Å². The van der Waals surface area contributed by atoms with Gasteiger partial charge >= 0.3 is 0 Å². The van der Waals surface area contributed by atoms with E-state index in [4.69, 9.17) is 12.2 Å². The molecule has 2 N–H and O–H groups in total. The molecule has 0 radical (unpaired) electrons. The van der Waals surface area contributed by atoms with Crippen molar-refractivity contribution in [2.75, 3.05) is 26.2 Å². The predicted molar refractivity (Wildman–Crippen MR) is 68.1 cm³/mol. The van der Waals surface area contributed by atoms with E-state index < -0.39 is 0 Å². The van der Waals surface area contributed by atoms with Crippen LogP contribution in [0, 0.1) is 0 Å². The van der Waals surface area contributed by atoms with Crippen LogP contribution in [-0.2, 0) is 6.54 Å². The minimum absolute atomic E-state index is 0.698. The van der Waals surface area contributed by atoms with Gasteiger partial charge in [0.05, 0.1) is 12.2 Å². The molecule has 0 bridgehead atoms. The average molecular weight is 236 g/mol. The van der Waals surface area contributed by atoms with Gasteiger partial charge in [-0.05, 0) is 24.4 Å². The molecule has 1 fully saturated rings. The van der Waals surface area contributed by atoms with Gasteiger partial charge in [0, 0.05) is 32.4 Å². The summed E-state index contributed by atoms with van der Waals surface area (Å²) in [6.45, 7) is 4.67. The zero-order valence-electron chi connectivity index (χ0n) is 9.15. The monoisotopic (exact) mass is 236 g/mol. The molecule has 1 aliphatic rings. The van der Waals surface area contributed by atoms with Crippen molar-refractivity contribution in [3.05, 3.63) is 30.1 Å². The lowest BCUT2D eigenvalue weighted by Gasteiger charge is -2.29. The largest absolute Gasteiger partial charge is 0.357 e. The molecule has 5 heteroatoms. The molecule has 0 aromatic carbocycles. The van der Waals surface area contributed by atoms with Gasteiger partial charge in [-0.1, -0.05) is 6.07 Å². The SMILES string of the molecule is S=C(NCc1ccccn1)N1CCNCC1. The Bertz CT molecular complexity index is 335. The van der Waals surface area contributed by atoms with E-state index in [0.29, 0.717) is 6.54 Å². The van der Waals surface area contributed by atoms with Gasteiger partial charge in [0.25, 0.3) is 0 Å². The van der Waals surface area contributed by atoms with Crippen molar-refractivity contribution in [2.24, 2.45) is 0 Å². The highest BCUT2D eigenvalue weighted by atomic mass is 32.1. The van der Waals surface area contributed by atoms with Crippen LogP contribution in [0.1, 0.15) is 5.69 Å². The molecule has 86 valence electrons. The summed E-state index contributed by atoms with van der Waals surface area (Å²) in [5.74, 6) is 0. The van der Waals surface area contributed by atoms with Gasteiger partial charge in [0.1, 0.15) is 0 Å². The molecule has 16 heavy (non-hydrogen) atoms. The Kier molecular flexibility index (Phi) is 4.07. The highest BCUT2D eigenvalue weighted by Crippen LogP contribution is 1.96. The van der Waals surface area contributed by atoms with E-state index in [-0.39, 0.29) is 0 Å². The zero-order valence-corrected chi connectivity index (χ0v) is 9.96. The van der Waals surface area contributed by atoms with Crippen LogP contribution in [0.25, 0.3) is 0 Å². The van der Waals surface area contributed by atoms with Crippen LogP contribution < -0.4 is 10.6 Å². The molecule has 4 nitrogen and oxygen atoms in total. The number of rotatable bonds is 2. The summed E-state index contributed by atoms with van der Waals surface area (Å²) in [4.78, 5) is 6.43. The fourth-order valence-corrected chi connectivity index (χ4v) is 1.90. The van der Waals surface area contributed by atoms with Crippen LogP contribution >= 0.6 is 12.2 Å². The van der Waals surface area contributed by atoms with Crippen LogP contribution in [0.15, 0.2) is 24.4 Å². The molecule has 1 saturated heterocycles. The molecule has 2 heterocycles. The van der Waals surface area contributed by atoms with Gasteiger partial charge < -0.3 is 15.5 Å². The van der Waals surface area contributed by atoms with Gasteiger partial charge in [-0.15, -0.1) is 0 Å². The number of piperazine rings is 1. The van der Waals surface area contributed by atoms with E-state index in [9.17, 15) is 0 Å². The molecule has 0 unspecified atom stereocenters. The van der Waals surface area contributed by atoms with Crippen molar-refractivity contribution in [1.82, 2.24) is 20.5 Å². The quantitative estimate of drug-likeness (QED) is 0.726. The highest BCUT2D eigenvalue weighted by molar-refractivity contribution is 7.80. The zero-order chi connectivity index (χ0) is 11.2. The van der Waals surface area contributed by atoms with Gasteiger partial charge in [-0.25, -0.2) is 0 Å². The Morgan fingerprint density at radius 3 is 2.94 bits per heavy atom. The first kappa shape index (κ1) is 11.3. The summed E-state index contributed by atoms with van der Waals surface area (Å²) in [5.41, 5.74) is 1.01. The number of nitrogens with zero attached hydrogens (tertiary/aromatic N) is 2. The minimum atomic E-state index is 0.698. The Morgan fingerprint density at radius 2 is 2.25 bits per heavy atom. The predicted octanol–water partition coefficient (Wildman–Crippen LogP) is 0.361. The van der Waals surface area contributed by atoms with E-state index >= 15 is 0 Å². The minimum Gasteiger partial charge on any atom is -0.357 e. The van der Waals surface area contributed by atoms with Crippen LogP contribution in [-0.4, -0.2) is 41.2 Å². The Labute approximate surface area is 101 Å². The fourth-order valence-electron chi connectivity index (χ4n) is 1.65. The molecule has 0 atom stereocenters. The fraction of sp³-hybridized carbons (Fsp3) is 0.455. The van der Waals surface area contributed by atoms with Crippen molar-refractivity contribution >= 4 is 17.3 Å². The number of hydrogen-bond acceptors (Lipinski definition) is 3. The summed E-state index contributed by atoms with van der Waals surface area (Å²) in [7, 11) is 0. The molecule has 0 aliphatic carbocycles. The Balaban J connectivity index is 1.79. The van der Waals surface area contributed by atoms with E-state index in [1.807, 2.05) is 18.2 Å².